The monoisotopic (exact) mass is 285 g/mol. The molecule has 1 saturated carbocycles. The van der Waals surface area contributed by atoms with E-state index in [1.54, 1.807) is 25.3 Å². The van der Waals surface area contributed by atoms with Crippen molar-refractivity contribution in [1.82, 2.24) is 0 Å². The van der Waals surface area contributed by atoms with Gasteiger partial charge in [-0.2, -0.15) is 0 Å². The second-order valence-electron chi connectivity index (χ2n) is 4.86. The largest absolute Gasteiger partial charge is 0.493 e. The van der Waals surface area contributed by atoms with Crippen LogP contribution in [0, 0.1) is 0 Å². The fraction of sp³-hybridized carbons (Fsp3) is 0.538. The molecule has 1 aliphatic rings. The smallest absolute Gasteiger partial charge is 0.161 e. The predicted molar refractivity (Wildman–Crippen MR) is 73.3 cm³/mol. The molecule has 19 heavy (non-hydrogen) atoms. The molecule has 0 aromatic heterocycles. The van der Waals surface area contributed by atoms with Crippen LogP contribution in [0.1, 0.15) is 18.9 Å². The van der Waals surface area contributed by atoms with Gasteiger partial charge in [-0.25, -0.2) is 8.42 Å². The van der Waals surface area contributed by atoms with Crippen molar-refractivity contribution in [2.75, 3.05) is 20.0 Å². The van der Waals surface area contributed by atoms with E-state index < -0.39 is 20.6 Å². The van der Waals surface area contributed by atoms with Crippen molar-refractivity contribution in [3.63, 3.8) is 0 Å². The minimum Gasteiger partial charge on any atom is -0.493 e. The van der Waals surface area contributed by atoms with E-state index in [9.17, 15) is 8.42 Å². The van der Waals surface area contributed by atoms with Crippen LogP contribution in [0.15, 0.2) is 18.2 Å². The molecule has 2 unspecified atom stereocenters. The maximum atomic E-state index is 11.6. The zero-order valence-electron chi connectivity index (χ0n) is 11.3. The summed E-state index contributed by atoms with van der Waals surface area (Å²) >= 11 is 0. The molecule has 6 heteroatoms. The maximum absolute atomic E-state index is 11.6. The lowest BCUT2D eigenvalue weighted by Gasteiger charge is -2.15. The minimum atomic E-state index is -3.12. The molecule has 0 heterocycles. The Hall–Kier alpha value is -1.27. The van der Waals surface area contributed by atoms with E-state index in [1.165, 1.54) is 6.26 Å². The number of methoxy groups -OCH3 is 1. The van der Waals surface area contributed by atoms with E-state index in [2.05, 4.69) is 0 Å². The molecule has 0 aliphatic heterocycles. The van der Waals surface area contributed by atoms with Crippen LogP contribution in [0.5, 0.6) is 11.5 Å². The van der Waals surface area contributed by atoms with Crippen LogP contribution in [0.2, 0.25) is 0 Å². The van der Waals surface area contributed by atoms with Gasteiger partial charge in [0.05, 0.1) is 24.5 Å². The first-order chi connectivity index (χ1) is 8.82. The van der Waals surface area contributed by atoms with Crippen molar-refractivity contribution >= 4 is 9.84 Å². The number of nitrogens with two attached hydrogens (primary N) is 1. The number of hydrogen-bond donors (Lipinski definition) is 1. The molecule has 0 amide bonds. The maximum Gasteiger partial charge on any atom is 0.161 e. The molecule has 1 aromatic carbocycles. The SMILES string of the molecule is CCOc1cc(C2(N)CC2S(C)(=O)=O)ccc1OC. The Kier molecular flexibility index (Phi) is 3.49. The molecule has 0 spiro atoms. The summed E-state index contributed by atoms with van der Waals surface area (Å²) in [7, 11) is -1.56. The molecule has 2 atom stereocenters. The lowest BCUT2D eigenvalue weighted by molar-refractivity contribution is 0.310. The normalized spacial score (nSPS) is 26.0. The summed E-state index contributed by atoms with van der Waals surface area (Å²) in [6, 6.07) is 5.33. The molecule has 0 radical (unpaired) electrons. The molecule has 5 nitrogen and oxygen atoms in total. The van der Waals surface area contributed by atoms with Crippen molar-refractivity contribution < 1.29 is 17.9 Å². The summed E-state index contributed by atoms with van der Waals surface area (Å²) in [5, 5.41) is -0.511. The van der Waals surface area contributed by atoms with Crippen LogP contribution in [-0.2, 0) is 15.4 Å². The Labute approximate surface area is 113 Å². The summed E-state index contributed by atoms with van der Waals surface area (Å²) in [6.45, 7) is 2.38. The molecule has 2 rings (SSSR count). The zero-order valence-corrected chi connectivity index (χ0v) is 12.2. The van der Waals surface area contributed by atoms with Gasteiger partial charge in [0.15, 0.2) is 21.3 Å². The van der Waals surface area contributed by atoms with Gasteiger partial charge < -0.3 is 15.2 Å². The number of sulfone groups is 1. The highest BCUT2D eigenvalue weighted by molar-refractivity contribution is 7.91. The Morgan fingerprint density at radius 1 is 1.42 bits per heavy atom. The first-order valence-corrected chi connectivity index (χ1v) is 8.07. The standard InChI is InChI=1S/C13H19NO4S/c1-4-18-11-7-9(5-6-10(11)17-2)13(14)8-12(13)19(3,15)16/h5-7,12H,4,8,14H2,1-3H3. The summed E-state index contributed by atoms with van der Waals surface area (Å²) < 4.78 is 33.8. The first-order valence-electron chi connectivity index (χ1n) is 6.12. The van der Waals surface area contributed by atoms with Crippen LogP contribution in [-0.4, -0.2) is 33.6 Å². The number of rotatable bonds is 5. The third-order valence-corrected chi connectivity index (χ3v) is 5.08. The lowest BCUT2D eigenvalue weighted by atomic mass is 10.1. The van der Waals surface area contributed by atoms with Crippen molar-refractivity contribution in [2.45, 2.75) is 24.1 Å². The van der Waals surface area contributed by atoms with Gasteiger partial charge in [0.2, 0.25) is 0 Å². The van der Waals surface area contributed by atoms with E-state index in [-0.39, 0.29) is 0 Å². The number of ether oxygens (including phenoxy) is 2. The van der Waals surface area contributed by atoms with E-state index in [4.69, 9.17) is 15.2 Å². The highest BCUT2D eigenvalue weighted by Gasteiger charge is 2.58. The Morgan fingerprint density at radius 3 is 2.58 bits per heavy atom. The van der Waals surface area contributed by atoms with E-state index in [1.807, 2.05) is 6.92 Å². The minimum absolute atomic E-state index is 0.448. The summed E-state index contributed by atoms with van der Waals surface area (Å²) in [4.78, 5) is 0. The van der Waals surface area contributed by atoms with Crippen molar-refractivity contribution in [2.24, 2.45) is 5.73 Å². The average Bonchev–Trinajstić information content (AvgIpc) is 3.04. The van der Waals surface area contributed by atoms with Crippen LogP contribution < -0.4 is 15.2 Å². The molecule has 1 aromatic rings. The first kappa shape index (κ1) is 14.1. The Morgan fingerprint density at radius 2 is 2.11 bits per heavy atom. The van der Waals surface area contributed by atoms with E-state index >= 15 is 0 Å². The van der Waals surface area contributed by atoms with Gasteiger partial charge in [-0.3, -0.25) is 0 Å². The van der Waals surface area contributed by atoms with Gasteiger partial charge in [-0.05, 0) is 31.0 Å². The third-order valence-electron chi connectivity index (χ3n) is 3.46. The number of hydrogen-bond acceptors (Lipinski definition) is 5. The van der Waals surface area contributed by atoms with E-state index in [0.29, 0.717) is 24.5 Å². The van der Waals surface area contributed by atoms with E-state index in [0.717, 1.165) is 5.56 Å². The van der Waals surface area contributed by atoms with Gasteiger partial charge in [0.1, 0.15) is 0 Å². The summed E-state index contributed by atoms with van der Waals surface area (Å²) in [5.74, 6) is 1.21. The van der Waals surface area contributed by atoms with Crippen LogP contribution in [0.3, 0.4) is 0 Å². The molecular weight excluding hydrogens is 266 g/mol. The molecule has 0 saturated heterocycles. The third kappa shape index (κ3) is 2.55. The quantitative estimate of drug-likeness (QED) is 0.875. The van der Waals surface area contributed by atoms with Crippen molar-refractivity contribution in [1.29, 1.82) is 0 Å². The predicted octanol–water partition coefficient (Wildman–Crippen LogP) is 1.06. The van der Waals surface area contributed by atoms with Gasteiger partial charge in [-0.1, -0.05) is 6.07 Å². The highest BCUT2D eigenvalue weighted by Crippen LogP contribution is 2.49. The van der Waals surface area contributed by atoms with Crippen molar-refractivity contribution in [3.8, 4) is 11.5 Å². The second kappa shape index (κ2) is 4.68. The average molecular weight is 285 g/mol. The van der Waals surface area contributed by atoms with Gasteiger partial charge in [-0.15, -0.1) is 0 Å². The molecule has 0 bridgehead atoms. The molecule has 106 valence electrons. The summed E-state index contributed by atoms with van der Waals surface area (Å²) in [5.41, 5.74) is 6.15. The molecular formula is C13H19NO4S. The van der Waals surface area contributed by atoms with Gasteiger partial charge in [0.25, 0.3) is 0 Å². The lowest BCUT2D eigenvalue weighted by Crippen LogP contribution is -2.27. The second-order valence-corrected chi connectivity index (χ2v) is 7.09. The molecule has 2 N–H and O–H groups in total. The van der Waals surface area contributed by atoms with Crippen LogP contribution >= 0.6 is 0 Å². The fourth-order valence-corrected chi connectivity index (χ4v) is 3.80. The topological polar surface area (TPSA) is 78.6 Å². The van der Waals surface area contributed by atoms with Crippen LogP contribution in [0.4, 0.5) is 0 Å². The van der Waals surface area contributed by atoms with Gasteiger partial charge >= 0.3 is 0 Å². The fourth-order valence-electron chi connectivity index (χ4n) is 2.32. The zero-order chi connectivity index (χ0) is 14.3. The van der Waals surface area contributed by atoms with Crippen LogP contribution in [0.25, 0.3) is 0 Å². The summed E-state index contributed by atoms with van der Waals surface area (Å²) in [6.07, 6.45) is 1.67. The Bertz CT molecular complexity index is 584. The Balaban J connectivity index is 2.35. The number of benzene rings is 1. The highest BCUT2D eigenvalue weighted by atomic mass is 32.2. The van der Waals surface area contributed by atoms with Crippen molar-refractivity contribution in [3.05, 3.63) is 23.8 Å². The molecule has 1 aliphatic carbocycles. The van der Waals surface area contributed by atoms with Gasteiger partial charge in [0, 0.05) is 6.26 Å². The molecule has 1 fully saturated rings.